The summed E-state index contributed by atoms with van der Waals surface area (Å²) in [5, 5.41) is 7.50. The van der Waals surface area contributed by atoms with Gasteiger partial charge in [0.05, 0.1) is 0 Å². The minimum absolute atomic E-state index is 0.203. The zero-order valence-electron chi connectivity index (χ0n) is 6.21. The molecule has 9 heteroatoms. The molecule has 82 valence electrons. The lowest BCUT2D eigenvalue weighted by Gasteiger charge is -2.23. The first-order valence-corrected chi connectivity index (χ1v) is 2.91. The average molecular weight is 225 g/mol. The summed E-state index contributed by atoms with van der Waals surface area (Å²) in [4.78, 5) is 0. The average Bonchev–Trinajstić information content (AvgIpc) is 1.79. The second-order valence-electron chi connectivity index (χ2n) is 2.21. The number of alkyl halides is 7. The maximum Gasteiger partial charge on any atom is 0.473 e. The molecule has 0 radical (unpaired) electrons. The molecule has 0 aliphatic rings. The van der Waals surface area contributed by atoms with Gasteiger partial charge in [-0.1, -0.05) is 0 Å². The van der Waals surface area contributed by atoms with E-state index in [1.807, 2.05) is 0 Å². The van der Waals surface area contributed by atoms with Crippen LogP contribution in [0.3, 0.4) is 0 Å². The number of nitriles is 1. The van der Waals surface area contributed by atoms with Crippen molar-refractivity contribution in [1.29, 1.82) is 5.26 Å². The fraction of sp³-hybridized carbons (Fsp3) is 0.800. The lowest BCUT2D eigenvalue weighted by molar-refractivity contribution is -0.345. The van der Waals surface area contributed by atoms with E-state index in [9.17, 15) is 30.7 Å². The van der Waals surface area contributed by atoms with E-state index in [-0.39, 0.29) is 6.26 Å². The predicted octanol–water partition coefficient (Wildman–Crippen LogP) is 2.66. The third kappa shape index (κ3) is 3.27. The van der Waals surface area contributed by atoms with E-state index in [1.54, 1.807) is 0 Å². The van der Waals surface area contributed by atoms with E-state index in [1.165, 1.54) is 0 Å². The van der Waals surface area contributed by atoms with Crippen LogP contribution in [0, 0.1) is 11.5 Å². The molecule has 0 rings (SSSR count). The van der Waals surface area contributed by atoms with Gasteiger partial charge in [-0.2, -0.15) is 36.0 Å². The van der Waals surface area contributed by atoms with Crippen LogP contribution in [0.15, 0.2) is 0 Å². The van der Waals surface area contributed by atoms with Crippen molar-refractivity contribution in [2.45, 2.75) is 24.6 Å². The van der Waals surface area contributed by atoms with Gasteiger partial charge in [0.2, 0.25) is 0 Å². The summed E-state index contributed by atoms with van der Waals surface area (Å²) < 4.78 is 85.0. The zero-order chi connectivity index (χ0) is 11.6. The molecule has 0 heterocycles. The highest BCUT2D eigenvalue weighted by Crippen LogP contribution is 2.42. The van der Waals surface area contributed by atoms with Crippen molar-refractivity contribution in [3.63, 3.8) is 0 Å². The molecule has 0 aliphatic heterocycles. The fourth-order valence-corrected chi connectivity index (χ4v) is 0.487. The second kappa shape index (κ2) is 3.51. The highest BCUT2D eigenvalue weighted by atomic mass is 19.4. The van der Waals surface area contributed by atoms with E-state index in [0.29, 0.717) is 0 Å². The molecular formula is C5H2F7NO. The zero-order valence-corrected chi connectivity index (χ0v) is 6.21. The Hall–Kier alpha value is -1.20. The summed E-state index contributed by atoms with van der Waals surface area (Å²) in [6.45, 7) is 0. The predicted molar refractivity (Wildman–Crippen MR) is 27.3 cm³/mol. The molecule has 0 saturated heterocycles. The largest absolute Gasteiger partial charge is 0.473 e. The molecule has 0 saturated carbocycles. The number of halogens is 7. The van der Waals surface area contributed by atoms with Crippen LogP contribution in [0.5, 0.6) is 0 Å². The minimum atomic E-state index is -5.48. The van der Waals surface area contributed by atoms with Crippen LogP contribution in [-0.2, 0) is 4.74 Å². The van der Waals surface area contributed by atoms with Crippen molar-refractivity contribution in [2.24, 2.45) is 0 Å². The molecular weight excluding hydrogens is 223 g/mol. The van der Waals surface area contributed by atoms with E-state index >= 15 is 0 Å². The Bertz CT molecular complexity index is 239. The first-order valence-electron chi connectivity index (χ1n) is 2.91. The lowest BCUT2D eigenvalue weighted by atomic mass is 10.2. The molecule has 2 nitrogen and oxygen atoms in total. The molecule has 0 aliphatic carbocycles. The molecule has 0 N–H and O–H groups in total. The van der Waals surface area contributed by atoms with Gasteiger partial charge >= 0.3 is 18.2 Å². The maximum atomic E-state index is 12.1. The van der Waals surface area contributed by atoms with Crippen LogP contribution in [0.1, 0.15) is 6.42 Å². The molecule has 0 atom stereocenters. The summed E-state index contributed by atoms with van der Waals surface area (Å²) in [5.74, 6) is -5.47. The van der Waals surface area contributed by atoms with Gasteiger partial charge < -0.3 is 4.74 Å². The van der Waals surface area contributed by atoms with Gasteiger partial charge in [0, 0.05) is 0 Å². The van der Waals surface area contributed by atoms with Crippen LogP contribution >= 0.6 is 0 Å². The molecule has 0 aromatic rings. The van der Waals surface area contributed by atoms with Gasteiger partial charge in [-0.05, 0) is 0 Å². The van der Waals surface area contributed by atoms with Crippen molar-refractivity contribution in [1.82, 2.24) is 0 Å². The van der Waals surface area contributed by atoms with Gasteiger partial charge in [-0.15, -0.1) is 0 Å². The van der Waals surface area contributed by atoms with Crippen LogP contribution in [-0.4, -0.2) is 18.2 Å². The van der Waals surface area contributed by atoms with E-state index in [4.69, 9.17) is 5.26 Å². The first-order chi connectivity index (χ1) is 6.02. The van der Waals surface area contributed by atoms with Crippen molar-refractivity contribution in [3.05, 3.63) is 0 Å². The van der Waals surface area contributed by atoms with Gasteiger partial charge in [0.1, 0.15) is 6.42 Å². The summed E-state index contributed by atoms with van der Waals surface area (Å²) in [6.07, 6.45) is -13.8. The van der Waals surface area contributed by atoms with Crippen LogP contribution < -0.4 is 0 Å². The second-order valence-corrected chi connectivity index (χ2v) is 2.21. The minimum Gasteiger partial charge on any atom is -0.354 e. The molecule has 0 unspecified atom stereocenters. The van der Waals surface area contributed by atoms with Crippen LogP contribution in [0.25, 0.3) is 0 Å². The monoisotopic (exact) mass is 225 g/mol. The Morgan fingerprint density at radius 2 is 1.43 bits per heavy atom. The standard InChI is InChI=1S/C5H2F7NO/c6-3(7,1-4(8,9)10)5(11,12)14-2-13/h1H2. The lowest BCUT2D eigenvalue weighted by Crippen LogP contribution is -2.44. The quantitative estimate of drug-likeness (QED) is 0.546. The molecule has 0 fully saturated rings. The summed E-state index contributed by atoms with van der Waals surface area (Å²) >= 11 is 0. The molecule has 0 spiro atoms. The smallest absolute Gasteiger partial charge is 0.354 e. The third-order valence-corrected chi connectivity index (χ3v) is 1.02. The Labute approximate surface area is 72.9 Å². The highest BCUT2D eigenvalue weighted by molar-refractivity contribution is 4.82. The Kier molecular flexibility index (Phi) is 3.21. The first kappa shape index (κ1) is 12.8. The molecule has 0 aromatic carbocycles. The van der Waals surface area contributed by atoms with Crippen molar-refractivity contribution in [2.75, 3.05) is 0 Å². The van der Waals surface area contributed by atoms with Crippen molar-refractivity contribution >= 4 is 0 Å². The van der Waals surface area contributed by atoms with Gasteiger partial charge in [0.25, 0.3) is 6.26 Å². The number of rotatable bonds is 3. The Morgan fingerprint density at radius 3 is 1.71 bits per heavy atom. The number of nitrogens with zero attached hydrogens (tertiary/aromatic N) is 1. The number of hydrogen-bond acceptors (Lipinski definition) is 2. The maximum absolute atomic E-state index is 12.1. The summed E-state index contributed by atoms with van der Waals surface area (Å²) in [7, 11) is 0. The summed E-state index contributed by atoms with van der Waals surface area (Å²) in [6, 6.07) is 0. The molecule has 0 aromatic heterocycles. The number of hydrogen-bond donors (Lipinski definition) is 0. The fourth-order valence-electron chi connectivity index (χ4n) is 0.487. The van der Waals surface area contributed by atoms with E-state index in [0.717, 1.165) is 0 Å². The highest BCUT2D eigenvalue weighted by Gasteiger charge is 2.64. The van der Waals surface area contributed by atoms with Crippen molar-refractivity contribution < 1.29 is 35.5 Å². The van der Waals surface area contributed by atoms with E-state index < -0.39 is 24.6 Å². The molecule has 14 heavy (non-hydrogen) atoms. The van der Waals surface area contributed by atoms with Gasteiger partial charge in [-0.25, -0.2) is 0 Å². The number of ether oxygens (including phenoxy) is 1. The van der Waals surface area contributed by atoms with Crippen LogP contribution in [0.4, 0.5) is 30.7 Å². The molecule has 0 amide bonds. The third-order valence-electron chi connectivity index (χ3n) is 1.02. The van der Waals surface area contributed by atoms with E-state index in [2.05, 4.69) is 4.74 Å². The van der Waals surface area contributed by atoms with Gasteiger partial charge in [-0.3, -0.25) is 0 Å². The Morgan fingerprint density at radius 1 is 1.00 bits per heavy atom. The van der Waals surface area contributed by atoms with Crippen LogP contribution in [0.2, 0.25) is 0 Å². The SMILES string of the molecule is N#COC(F)(F)C(F)(F)CC(F)(F)F. The Balaban J connectivity index is 4.70. The topological polar surface area (TPSA) is 33.0 Å². The molecule has 0 bridgehead atoms. The normalized spacial score (nSPS) is 13.6. The van der Waals surface area contributed by atoms with Crippen molar-refractivity contribution in [3.8, 4) is 6.26 Å². The van der Waals surface area contributed by atoms with Gasteiger partial charge in [0.15, 0.2) is 0 Å². The summed E-state index contributed by atoms with van der Waals surface area (Å²) in [5.41, 5.74) is 0.